The van der Waals surface area contributed by atoms with E-state index in [9.17, 15) is 14.8 Å². The van der Waals surface area contributed by atoms with Crippen LogP contribution in [-0.4, -0.2) is 22.1 Å². The molecule has 134 valence electrons. The van der Waals surface area contributed by atoms with E-state index in [0.29, 0.717) is 11.1 Å². The van der Waals surface area contributed by atoms with Gasteiger partial charge in [0.05, 0.1) is 11.1 Å². The van der Waals surface area contributed by atoms with Crippen molar-refractivity contribution in [3.63, 3.8) is 0 Å². The monoisotopic (exact) mass is 365 g/mol. The quantitative estimate of drug-likeness (QED) is 0.394. The third kappa shape index (κ3) is 2.22. The zero-order valence-corrected chi connectivity index (χ0v) is 14.8. The normalized spacial score (nSPS) is 13.2. The lowest BCUT2D eigenvalue weighted by atomic mass is 9.84. The molecular weight excluding hydrogens is 350 g/mol. The van der Waals surface area contributed by atoms with Crippen molar-refractivity contribution < 1.29 is 14.8 Å². The molecule has 4 aromatic carbocycles. The van der Waals surface area contributed by atoms with Gasteiger partial charge in [-0.3, -0.25) is 14.8 Å². The summed E-state index contributed by atoms with van der Waals surface area (Å²) in [5, 5.41) is 12.1. The SMILES string of the molecule is O=C1c2c(c(-c3ccccc3)c3ccccc3c2-c2ccccc2)C(=O)N1O. The summed E-state index contributed by atoms with van der Waals surface area (Å²) in [5.41, 5.74) is 3.48. The average Bonchev–Trinajstić information content (AvgIpc) is 2.97. The van der Waals surface area contributed by atoms with Crippen LogP contribution in [-0.2, 0) is 0 Å². The number of hydroxylamine groups is 2. The van der Waals surface area contributed by atoms with Crippen LogP contribution >= 0.6 is 0 Å². The highest BCUT2D eigenvalue weighted by molar-refractivity contribution is 6.30. The summed E-state index contributed by atoms with van der Waals surface area (Å²) in [6.45, 7) is 0. The van der Waals surface area contributed by atoms with Crippen molar-refractivity contribution in [3.8, 4) is 22.3 Å². The van der Waals surface area contributed by atoms with Gasteiger partial charge in [-0.15, -0.1) is 5.06 Å². The maximum atomic E-state index is 12.9. The van der Waals surface area contributed by atoms with E-state index >= 15 is 0 Å². The van der Waals surface area contributed by atoms with Gasteiger partial charge in [-0.2, -0.15) is 0 Å². The lowest BCUT2D eigenvalue weighted by molar-refractivity contribution is -0.0326. The number of imide groups is 1. The summed E-state index contributed by atoms with van der Waals surface area (Å²) in [4.78, 5) is 25.8. The number of hydrogen-bond acceptors (Lipinski definition) is 3. The van der Waals surface area contributed by atoms with Gasteiger partial charge < -0.3 is 0 Å². The number of carbonyl (C=O) groups is 2. The van der Waals surface area contributed by atoms with Gasteiger partial charge in [-0.1, -0.05) is 84.9 Å². The zero-order valence-electron chi connectivity index (χ0n) is 14.8. The number of benzene rings is 4. The van der Waals surface area contributed by atoms with E-state index in [1.807, 2.05) is 84.9 Å². The fourth-order valence-corrected chi connectivity index (χ4v) is 3.98. The van der Waals surface area contributed by atoms with Crippen LogP contribution in [0.3, 0.4) is 0 Å². The van der Waals surface area contributed by atoms with Gasteiger partial charge in [-0.05, 0) is 21.9 Å². The molecule has 1 heterocycles. The van der Waals surface area contributed by atoms with Gasteiger partial charge in [0.2, 0.25) is 0 Å². The van der Waals surface area contributed by atoms with Gasteiger partial charge in [0, 0.05) is 11.1 Å². The maximum Gasteiger partial charge on any atom is 0.286 e. The second-order valence-corrected chi connectivity index (χ2v) is 6.70. The van der Waals surface area contributed by atoms with Crippen molar-refractivity contribution >= 4 is 22.6 Å². The van der Waals surface area contributed by atoms with E-state index in [4.69, 9.17) is 0 Å². The highest BCUT2D eigenvalue weighted by atomic mass is 16.5. The van der Waals surface area contributed by atoms with Crippen LogP contribution in [0.1, 0.15) is 20.7 Å². The van der Waals surface area contributed by atoms with Gasteiger partial charge in [0.15, 0.2) is 0 Å². The summed E-state index contributed by atoms with van der Waals surface area (Å²) in [6, 6.07) is 26.7. The summed E-state index contributed by atoms with van der Waals surface area (Å²) in [6.07, 6.45) is 0. The molecule has 1 N–H and O–H groups in total. The lowest BCUT2D eigenvalue weighted by Crippen LogP contribution is -2.25. The number of rotatable bonds is 2. The molecule has 0 radical (unpaired) electrons. The van der Waals surface area contributed by atoms with Crippen LogP contribution in [0.5, 0.6) is 0 Å². The molecule has 1 aliphatic heterocycles. The Morgan fingerprint density at radius 3 is 1.25 bits per heavy atom. The van der Waals surface area contributed by atoms with Crippen LogP contribution in [0.4, 0.5) is 0 Å². The van der Waals surface area contributed by atoms with E-state index in [1.54, 1.807) is 0 Å². The molecule has 0 bridgehead atoms. The van der Waals surface area contributed by atoms with Gasteiger partial charge in [-0.25, -0.2) is 0 Å². The first kappa shape index (κ1) is 16.4. The third-order valence-electron chi connectivity index (χ3n) is 5.15. The van der Waals surface area contributed by atoms with Crippen molar-refractivity contribution in [2.45, 2.75) is 0 Å². The molecular formula is C24H15NO3. The van der Waals surface area contributed by atoms with Crippen molar-refractivity contribution in [2.75, 3.05) is 0 Å². The maximum absolute atomic E-state index is 12.9. The Bertz CT molecular complexity index is 1150. The van der Waals surface area contributed by atoms with Gasteiger partial charge in [0.1, 0.15) is 0 Å². The Kier molecular flexibility index (Phi) is 3.60. The molecule has 0 atom stereocenters. The Morgan fingerprint density at radius 1 is 0.500 bits per heavy atom. The molecule has 5 rings (SSSR count). The zero-order chi connectivity index (χ0) is 19.3. The minimum absolute atomic E-state index is 0.225. The standard InChI is InChI=1S/C24H15NO3/c26-23-21-19(15-9-3-1-4-10-15)17-13-7-8-14-18(17)20(16-11-5-2-6-12-16)22(21)24(27)25(23)28/h1-14,28H. The van der Waals surface area contributed by atoms with E-state index in [2.05, 4.69) is 0 Å². The lowest BCUT2D eigenvalue weighted by Gasteiger charge is -2.16. The predicted molar refractivity (Wildman–Crippen MR) is 107 cm³/mol. The molecule has 2 amide bonds. The van der Waals surface area contributed by atoms with Crippen LogP contribution in [0.2, 0.25) is 0 Å². The molecule has 4 aromatic rings. The average molecular weight is 365 g/mol. The van der Waals surface area contributed by atoms with Crippen molar-refractivity contribution in [2.24, 2.45) is 0 Å². The second-order valence-electron chi connectivity index (χ2n) is 6.70. The van der Waals surface area contributed by atoms with Crippen molar-refractivity contribution in [3.05, 3.63) is 96.1 Å². The van der Waals surface area contributed by atoms with Crippen molar-refractivity contribution in [1.29, 1.82) is 0 Å². The van der Waals surface area contributed by atoms with Gasteiger partial charge in [0.25, 0.3) is 11.8 Å². The first-order chi connectivity index (χ1) is 13.7. The summed E-state index contributed by atoms with van der Waals surface area (Å²) >= 11 is 0. The molecule has 0 fully saturated rings. The third-order valence-corrected chi connectivity index (χ3v) is 5.15. The minimum Gasteiger partial charge on any atom is -0.278 e. The molecule has 0 aromatic heterocycles. The van der Waals surface area contributed by atoms with E-state index in [0.717, 1.165) is 21.9 Å². The molecule has 0 saturated heterocycles. The first-order valence-corrected chi connectivity index (χ1v) is 8.95. The largest absolute Gasteiger partial charge is 0.286 e. The van der Waals surface area contributed by atoms with Crippen LogP contribution in [0.25, 0.3) is 33.0 Å². The molecule has 4 nitrogen and oxygen atoms in total. The summed E-state index contributed by atoms with van der Waals surface area (Å²) in [5.74, 6) is -1.39. The topological polar surface area (TPSA) is 57.6 Å². The number of nitrogens with zero attached hydrogens (tertiary/aromatic N) is 1. The van der Waals surface area contributed by atoms with Crippen LogP contribution in [0, 0.1) is 0 Å². The predicted octanol–water partition coefficient (Wildman–Crippen LogP) is 5.16. The molecule has 0 spiro atoms. The van der Waals surface area contributed by atoms with Crippen molar-refractivity contribution in [1.82, 2.24) is 5.06 Å². The molecule has 4 heteroatoms. The fourth-order valence-electron chi connectivity index (χ4n) is 3.98. The first-order valence-electron chi connectivity index (χ1n) is 8.95. The Hall–Kier alpha value is -3.76. The van der Waals surface area contributed by atoms with Crippen LogP contribution in [0.15, 0.2) is 84.9 Å². The summed E-state index contributed by atoms with van der Waals surface area (Å²) < 4.78 is 0. The number of hydrogen-bond donors (Lipinski definition) is 1. The van der Waals surface area contributed by atoms with E-state index in [-0.39, 0.29) is 16.2 Å². The molecule has 1 aliphatic rings. The van der Waals surface area contributed by atoms with Crippen LogP contribution < -0.4 is 0 Å². The van der Waals surface area contributed by atoms with E-state index in [1.165, 1.54) is 0 Å². The Balaban J connectivity index is 2.02. The molecule has 28 heavy (non-hydrogen) atoms. The molecule has 0 unspecified atom stereocenters. The number of fused-ring (bicyclic) bond motifs is 2. The van der Waals surface area contributed by atoms with Gasteiger partial charge >= 0.3 is 0 Å². The number of amides is 2. The van der Waals surface area contributed by atoms with E-state index < -0.39 is 11.8 Å². The Labute approximate surface area is 161 Å². The molecule has 0 aliphatic carbocycles. The highest BCUT2D eigenvalue weighted by Crippen LogP contribution is 2.44. The molecule has 0 saturated carbocycles. The second kappa shape index (κ2) is 6.15. The fraction of sp³-hybridized carbons (Fsp3) is 0. The summed E-state index contributed by atoms with van der Waals surface area (Å²) in [7, 11) is 0. The smallest absolute Gasteiger partial charge is 0.278 e. The minimum atomic E-state index is -0.693. The number of carbonyl (C=O) groups excluding carboxylic acids is 2. The highest BCUT2D eigenvalue weighted by Gasteiger charge is 2.41. The Morgan fingerprint density at radius 2 is 0.857 bits per heavy atom.